The van der Waals surface area contributed by atoms with Gasteiger partial charge in [-0.1, -0.05) is 42.5 Å². The number of allylic oxidation sites excluding steroid dienone is 1. The van der Waals surface area contributed by atoms with E-state index in [2.05, 4.69) is 57.5 Å². The molecular weight excluding hydrogens is 374 g/mol. The molecule has 1 aliphatic carbocycles. The first-order valence-electron chi connectivity index (χ1n) is 10.9. The van der Waals surface area contributed by atoms with Crippen molar-refractivity contribution in [3.05, 3.63) is 71.4 Å². The van der Waals surface area contributed by atoms with Crippen molar-refractivity contribution in [3.8, 4) is 0 Å². The number of piperidine rings is 1. The second-order valence-electron chi connectivity index (χ2n) is 8.58. The number of para-hydroxylation sites is 1. The summed E-state index contributed by atoms with van der Waals surface area (Å²) in [5.41, 5.74) is 3.92. The molecule has 5 nitrogen and oxygen atoms in total. The van der Waals surface area contributed by atoms with Crippen LogP contribution in [0.25, 0.3) is 0 Å². The number of nitrogens with one attached hydrogen (secondary N) is 1. The Labute approximate surface area is 177 Å². The molecule has 2 fully saturated rings. The van der Waals surface area contributed by atoms with E-state index in [0.29, 0.717) is 32.6 Å². The summed E-state index contributed by atoms with van der Waals surface area (Å²) in [6.07, 6.45) is 4.56. The van der Waals surface area contributed by atoms with Gasteiger partial charge >= 0.3 is 0 Å². The van der Waals surface area contributed by atoms with Crippen LogP contribution in [-0.4, -0.2) is 42.0 Å². The third-order valence-electron chi connectivity index (χ3n) is 7.14. The van der Waals surface area contributed by atoms with Gasteiger partial charge in [0.25, 0.3) is 0 Å². The monoisotopic (exact) mass is 401 g/mol. The summed E-state index contributed by atoms with van der Waals surface area (Å²) in [6, 6.07) is 18.6. The molecule has 2 saturated heterocycles. The van der Waals surface area contributed by atoms with E-state index >= 15 is 0 Å². The Morgan fingerprint density at radius 1 is 1.03 bits per heavy atom. The standard InChI is InChI=1S/C25H27N3O2/c29-17-23(22-12-6-8-19-7-4-5-11-21(19)22)27-15-13-25(14-16-27)24(30)26-18-28(25)20-9-2-1-3-10-20/h1-5,7,9-11,22H,6,8,12-16,18H2,(H,26,30). The van der Waals surface area contributed by atoms with E-state index in [1.54, 1.807) is 0 Å². The summed E-state index contributed by atoms with van der Waals surface area (Å²) >= 11 is 0. The maximum Gasteiger partial charge on any atom is 0.247 e. The van der Waals surface area contributed by atoms with Crippen LogP contribution in [-0.2, 0) is 16.0 Å². The SMILES string of the molecule is O=C=C(C1CCCc2ccccc21)N1CCC2(CC1)C(=O)NCN2c1ccccc1. The second kappa shape index (κ2) is 7.66. The predicted octanol–water partition coefficient (Wildman–Crippen LogP) is 3.25. The van der Waals surface area contributed by atoms with Gasteiger partial charge in [0.15, 0.2) is 0 Å². The zero-order chi connectivity index (χ0) is 20.6. The van der Waals surface area contributed by atoms with Crippen molar-refractivity contribution < 1.29 is 9.59 Å². The van der Waals surface area contributed by atoms with Gasteiger partial charge in [0.1, 0.15) is 17.2 Å². The second-order valence-corrected chi connectivity index (χ2v) is 8.58. The van der Waals surface area contributed by atoms with Crippen LogP contribution < -0.4 is 10.2 Å². The Morgan fingerprint density at radius 3 is 2.53 bits per heavy atom. The van der Waals surface area contributed by atoms with E-state index in [-0.39, 0.29) is 11.8 Å². The average Bonchev–Trinajstić information content (AvgIpc) is 3.12. The van der Waals surface area contributed by atoms with Gasteiger partial charge in [0, 0.05) is 24.7 Å². The van der Waals surface area contributed by atoms with Gasteiger partial charge < -0.3 is 15.1 Å². The molecule has 0 radical (unpaired) electrons. The van der Waals surface area contributed by atoms with Crippen LogP contribution in [0.4, 0.5) is 5.69 Å². The topological polar surface area (TPSA) is 52.7 Å². The number of carbonyl (C=O) groups excluding carboxylic acids is 2. The molecule has 0 bridgehead atoms. The van der Waals surface area contributed by atoms with E-state index in [0.717, 1.165) is 30.6 Å². The Balaban J connectivity index is 1.38. The van der Waals surface area contributed by atoms with Crippen LogP contribution in [0.15, 0.2) is 60.3 Å². The highest BCUT2D eigenvalue weighted by molar-refractivity contribution is 5.93. The van der Waals surface area contributed by atoms with Crippen molar-refractivity contribution in [2.75, 3.05) is 24.7 Å². The van der Waals surface area contributed by atoms with Crippen molar-refractivity contribution in [1.29, 1.82) is 0 Å². The summed E-state index contributed by atoms with van der Waals surface area (Å²) in [4.78, 5) is 29.4. The molecule has 5 heteroatoms. The van der Waals surface area contributed by atoms with Crippen molar-refractivity contribution in [3.63, 3.8) is 0 Å². The van der Waals surface area contributed by atoms with E-state index in [1.807, 2.05) is 18.2 Å². The lowest BCUT2D eigenvalue weighted by molar-refractivity contribution is -0.125. The maximum atomic E-state index is 12.9. The number of hydrogen-bond donors (Lipinski definition) is 1. The molecule has 0 aromatic heterocycles. The molecule has 1 amide bonds. The first kappa shape index (κ1) is 19.0. The molecule has 3 aliphatic rings. The molecule has 2 heterocycles. The molecule has 0 saturated carbocycles. The lowest BCUT2D eigenvalue weighted by atomic mass is 9.79. The molecule has 1 spiro atoms. The number of carbonyl (C=O) groups is 1. The third kappa shape index (κ3) is 3.01. The summed E-state index contributed by atoms with van der Waals surface area (Å²) in [6.45, 7) is 1.93. The third-order valence-corrected chi connectivity index (χ3v) is 7.14. The molecule has 154 valence electrons. The van der Waals surface area contributed by atoms with Gasteiger partial charge in [-0.15, -0.1) is 0 Å². The fourth-order valence-electron chi connectivity index (χ4n) is 5.54. The zero-order valence-electron chi connectivity index (χ0n) is 17.1. The van der Waals surface area contributed by atoms with Crippen LogP contribution in [0.1, 0.15) is 42.7 Å². The van der Waals surface area contributed by atoms with Crippen molar-refractivity contribution >= 4 is 17.5 Å². The summed E-state index contributed by atoms with van der Waals surface area (Å²) in [5, 5.41) is 3.05. The number of amides is 1. The number of anilines is 1. The Hall–Kier alpha value is -3.04. The lowest BCUT2D eigenvalue weighted by Crippen LogP contribution is -2.56. The highest BCUT2D eigenvalue weighted by Crippen LogP contribution is 2.41. The first-order chi connectivity index (χ1) is 14.7. The molecule has 5 rings (SSSR count). The van der Waals surface area contributed by atoms with E-state index in [1.165, 1.54) is 11.1 Å². The number of benzene rings is 2. The average molecular weight is 402 g/mol. The molecule has 1 atom stereocenters. The predicted molar refractivity (Wildman–Crippen MR) is 117 cm³/mol. The Morgan fingerprint density at radius 2 is 1.77 bits per heavy atom. The minimum Gasteiger partial charge on any atom is -0.365 e. The summed E-state index contributed by atoms with van der Waals surface area (Å²) in [5.74, 6) is 2.51. The fraction of sp³-hybridized carbons (Fsp3) is 0.400. The molecule has 1 unspecified atom stereocenters. The largest absolute Gasteiger partial charge is 0.365 e. The highest BCUT2D eigenvalue weighted by Gasteiger charge is 2.50. The van der Waals surface area contributed by atoms with Crippen LogP contribution in [0, 0.1) is 0 Å². The smallest absolute Gasteiger partial charge is 0.247 e. The molecule has 1 N–H and O–H groups in total. The maximum absolute atomic E-state index is 12.9. The Kier molecular flexibility index (Phi) is 4.84. The minimum atomic E-state index is -0.531. The number of likely N-dealkylation sites (tertiary alicyclic amines) is 1. The van der Waals surface area contributed by atoms with E-state index in [4.69, 9.17) is 0 Å². The Bertz CT molecular complexity index is 988. The molecule has 30 heavy (non-hydrogen) atoms. The van der Waals surface area contributed by atoms with E-state index < -0.39 is 5.54 Å². The van der Waals surface area contributed by atoms with Crippen molar-refractivity contribution in [2.45, 2.75) is 43.6 Å². The van der Waals surface area contributed by atoms with Crippen LogP contribution in [0.5, 0.6) is 0 Å². The van der Waals surface area contributed by atoms with Crippen LogP contribution in [0.2, 0.25) is 0 Å². The van der Waals surface area contributed by atoms with E-state index in [9.17, 15) is 9.59 Å². The van der Waals surface area contributed by atoms with Gasteiger partial charge in [-0.25, -0.2) is 4.79 Å². The van der Waals surface area contributed by atoms with Gasteiger partial charge in [-0.2, -0.15) is 0 Å². The molecule has 2 aromatic carbocycles. The first-order valence-corrected chi connectivity index (χ1v) is 10.9. The summed E-state index contributed by atoms with van der Waals surface area (Å²) < 4.78 is 0. The molecule has 2 aliphatic heterocycles. The van der Waals surface area contributed by atoms with Gasteiger partial charge in [-0.05, 0) is 55.4 Å². The lowest BCUT2D eigenvalue weighted by Gasteiger charge is -2.45. The number of hydrogen-bond acceptors (Lipinski definition) is 4. The van der Waals surface area contributed by atoms with Crippen LogP contribution >= 0.6 is 0 Å². The summed E-state index contributed by atoms with van der Waals surface area (Å²) in [7, 11) is 0. The number of aryl methyl sites for hydroxylation is 1. The molecule has 2 aromatic rings. The van der Waals surface area contributed by atoms with Gasteiger partial charge in [0.05, 0.1) is 6.67 Å². The molecular formula is C25H27N3O2. The quantitative estimate of drug-likeness (QED) is 0.803. The van der Waals surface area contributed by atoms with Gasteiger partial charge in [0.2, 0.25) is 5.91 Å². The van der Waals surface area contributed by atoms with Crippen LogP contribution in [0.3, 0.4) is 0 Å². The number of rotatable bonds is 3. The number of fused-ring (bicyclic) bond motifs is 1. The normalized spacial score (nSPS) is 22.4. The zero-order valence-corrected chi connectivity index (χ0v) is 17.1. The van der Waals surface area contributed by atoms with Crippen molar-refractivity contribution in [1.82, 2.24) is 10.2 Å². The highest BCUT2D eigenvalue weighted by atomic mass is 16.2. The van der Waals surface area contributed by atoms with Gasteiger partial charge in [-0.3, -0.25) is 4.79 Å². The fourth-order valence-corrected chi connectivity index (χ4v) is 5.54. The van der Waals surface area contributed by atoms with Crippen molar-refractivity contribution in [2.24, 2.45) is 0 Å². The number of nitrogens with zero attached hydrogens (tertiary/aromatic N) is 2. The minimum absolute atomic E-state index is 0.102.